The Bertz CT molecular complexity index is 3250. The van der Waals surface area contributed by atoms with E-state index in [4.69, 9.17) is 37.9 Å². The third-order valence-corrected chi connectivity index (χ3v) is 13.9. The van der Waals surface area contributed by atoms with Crippen LogP contribution in [0.3, 0.4) is 0 Å². The van der Waals surface area contributed by atoms with Crippen LogP contribution < -0.4 is 23.7 Å². The van der Waals surface area contributed by atoms with E-state index >= 15 is 0 Å². The van der Waals surface area contributed by atoms with E-state index in [0.717, 1.165) is 136 Å². The maximum absolute atomic E-state index is 13.8. The predicted molar refractivity (Wildman–Crippen MR) is 324 cm³/mol. The van der Waals surface area contributed by atoms with Crippen molar-refractivity contribution < 1.29 is 61.9 Å². The second-order valence-electron chi connectivity index (χ2n) is 20.4. The number of esters is 5. The highest BCUT2D eigenvalue weighted by molar-refractivity contribution is 6.00. The van der Waals surface area contributed by atoms with Crippen molar-refractivity contribution in [2.45, 2.75) is 110 Å². The minimum Gasteiger partial charge on any atom is -0.494 e. The average molecular weight is 1130 g/mol. The molecule has 0 heterocycles. The van der Waals surface area contributed by atoms with Gasteiger partial charge in [0.2, 0.25) is 0 Å². The summed E-state index contributed by atoms with van der Waals surface area (Å²) >= 11 is 0. The Kier molecular flexibility index (Phi) is 25.3. The Morgan fingerprint density at radius 2 is 0.723 bits per heavy atom. The van der Waals surface area contributed by atoms with E-state index in [0.29, 0.717) is 56.5 Å². The summed E-state index contributed by atoms with van der Waals surface area (Å²) in [7, 11) is 0. The van der Waals surface area contributed by atoms with Crippen LogP contribution in [0.5, 0.6) is 28.7 Å². The van der Waals surface area contributed by atoms with Crippen LogP contribution in [0.2, 0.25) is 0 Å². The summed E-state index contributed by atoms with van der Waals surface area (Å²) in [6.07, 6.45) is 17.1. The van der Waals surface area contributed by atoms with Crippen molar-refractivity contribution >= 4 is 51.4 Å². The summed E-state index contributed by atoms with van der Waals surface area (Å²) in [6.45, 7) is 11.5. The molecule has 0 amide bonds. The van der Waals surface area contributed by atoms with Gasteiger partial charge in [-0.3, -0.25) is 0 Å². The predicted octanol–water partition coefficient (Wildman–Crippen LogP) is 16.1. The van der Waals surface area contributed by atoms with Crippen LogP contribution in [0.25, 0.3) is 32.7 Å². The first-order valence-electron chi connectivity index (χ1n) is 29.0. The fourth-order valence-corrected chi connectivity index (χ4v) is 9.17. The summed E-state index contributed by atoms with van der Waals surface area (Å²) in [4.78, 5) is 63.6. The summed E-state index contributed by atoms with van der Waals surface area (Å²) in [5, 5.41) is 3.33. The first-order chi connectivity index (χ1) is 40.5. The number of rotatable bonds is 36. The van der Waals surface area contributed by atoms with E-state index in [2.05, 4.69) is 56.5 Å². The van der Waals surface area contributed by atoms with E-state index in [1.165, 1.54) is 34.9 Å². The molecular formula is C70H76O13. The standard InChI is InChI=1S/C70H76O13/c1-4-66(71)79-43-19-14-12-17-41-77-61-36-32-54-46-58(28-26-56(54)48-61)68(73)82-63-38-39-65(83-69(74)59-29-27-57-49-62(37-33-55(57)47-59)78-42-18-13-15-20-44-80-67(72)5-2)64(50-63)70(75)81-45-21-11-9-7-6-8-10-16-40-76-60-34-30-53(31-35-60)52-24-22-51(3)23-25-52/h4-5,22-39,46-50H,1-2,6-21,40-45H2,3H3. The second kappa shape index (κ2) is 33.9. The minimum atomic E-state index is -0.717. The van der Waals surface area contributed by atoms with Gasteiger partial charge in [0.15, 0.2) is 0 Å². The fourth-order valence-electron chi connectivity index (χ4n) is 9.17. The molecule has 0 fully saturated rings. The largest absolute Gasteiger partial charge is 0.494 e. The minimum absolute atomic E-state index is 0.0434. The molecule has 0 aliphatic heterocycles. The van der Waals surface area contributed by atoms with E-state index < -0.39 is 29.8 Å². The van der Waals surface area contributed by atoms with Crippen LogP contribution in [0.1, 0.15) is 139 Å². The number of carbonyl (C=O) groups is 5. The molecule has 13 heteroatoms. The molecule has 13 nitrogen and oxygen atoms in total. The van der Waals surface area contributed by atoms with Gasteiger partial charge in [-0.05, 0) is 183 Å². The molecule has 0 spiro atoms. The molecule has 0 N–H and O–H groups in total. The molecule has 0 aromatic heterocycles. The number of unbranched alkanes of at least 4 members (excludes halogenated alkanes) is 13. The Morgan fingerprint density at radius 3 is 1.20 bits per heavy atom. The zero-order valence-corrected chi connectivity index (χ0v) is 47.7. The van der Waals surface area contributed by atoms with Crippen LogP contribution in [0.4, 0.5) is 0 Å². The lowest BCUT2D eigenvalue weighted by Gasteiger charge is -2.13. The quantitative estimate of drug-likeness (QED) is 0.0120. The summed E-state index contributed by atoms with van der Waals surface area (Å²) in [6, 6.07) is 42.7. The van der Waals surface area contributed by atoms with Crippen LogP contribution in [0.15, 0.2) is 165 Å². The summed E-state index contributed by atoms with van der Waals surface area (Å²) in [5.74, 6) is -0.569. The van der Waals surface area contributed by atoms with Crippen molar-refractivity contribution in [3.63, 3.8) is 0 Å². The number of carbonyl (C=O) groups excluding carboxylic acids is 5. The normalized spacial score (nSPS) is 10.9. The van der Waals surface area contributed by atoms with Gasteiger partial charge in [0.1, 0.15) is 34.3 Å². The van der Waals surface area contributed by atoms with Gasteiger partial charge in [0, 0.05) is 12.2 Å². The van der Waals surface area contributed by atoms with Crippen molar-refractivity contribution in [3.05, 3.63) is 187 Å². The summed E-state index contributed by atoms with van der Waals surface area (Å²) in [5.41, 5.74) is 4.09. The molecule has 83 heavy (non-hydrogen) atoms. The van der Waals surface area contributed by atoms with Crippen LogP contribution in [0, 0.1) is 6.92 Å². The zero-order chi connectivity index (χ0) is 58.4. The van der Waals surface area contributed by atoms with Crippen molar-refractivity contribution in [1.82, 2.24) is 0 Å². The van der Waals surface area contributed by atoms with Crippen molar-refractivity contribution in [2.24, 2.45) is 0 Å². The molecule has 7 aromatic carbocycles. The van der Waals surface area contributed by atoms with Crippen molar-refractivity contribution in [2.75, 3.05) is 39.6 Å². The number of hydrogen-bond donors (Lipinski definition) is 0. The molecule has 0 unspecified atom stereocenters. The molecule has 0 saturated heterocycles. The van der Waals surface area contributed by atoms with Crippen LogP contribution in [-0.4, -0.2) is 69.5 Å². The number of benzene rings is 7. The second-order valence-corrected chi connectivity index (χ2v) is 20.4. The van der Waals surface area contributed by atoms with Gasteiger partial charge in [-0.2, -0.15) is 0 Å². The molecule has 0 bridgehead atoms. The molecule has 0 aliphatic carbocycles. The highest BCUT2D eigenvalue weighted by Crippen LogP contribution is 2.30. The van der Waals surface area contributed by atoms with Gasteiger partial charge in [-0.15, -0.1) is 0 Å². The van der Waals surface area contributed by atoms with Gasteiger partial charge in [0.25, 0.3) is 0 Å². The molecule has 0 atom stereocenters. The highest BCUT2D eigenvalue weighted by atomic mass is 16.6. The van der Waals surface area contributed by atoms with Crippen LogP contribution in [-0.2, 0) is 23.8 Å². The first-order valence-corrected chi connectivity index (χ1v) is 29.0. The number of aryl methyl sites for hydroxylation is 1. The van der Waals surface area contributed by atoms with Gasteiger partial charge in [0.05, 0.1) is 50.8 Å². The van der Waals surface area contributed by atoms with Gasteiger partial charge in [-0.1, -0.05) is 118 Å². The SMILES string of the molecule is C=CC(=O)OCCCCCCOc1ccc2cc(C(=O)Oc3ccc(OC(=O)c4ccc5cc(OCCCCCCOC(=O)C=C)ccc5c4)c(C(=O)OCCCCCCCCCCOc4ccc(-c5ccc(C)cc5)cc4)c3)ccc2c1. The highest BCUT2D eigenvalue weighted by Gasteiger charge is 2.21. The maximum Gasteiger partial charge on any atom is 0.343 e. The van der Waals surface area contributed by atoms with Crippen molar-refractivity contribution in [1.29, 1.82) is 0 Å². The third-order valence-electron chi connectivity index (χ3n) is 13.9. The molecule has 0 saturated carbocycles. The molecule has 0 radical (unpaired) electrons. The molecular weight excluding hydrogens is 1050 g/mol. The zero-order valence-electron chi connectivity index (χ0n) is 47.7. The molecule has 7 rings (SSSR count). The number of ether oxygens (including phenoxy) is 8. The van der Waals surface area contributed by atoms with E-state index in [1.54, 1.807) is 24.3 Å². The lowest BCUT2D eigenvalue weighted by Crippen LogP contribution is -2.14. The van der Waals surface area contributed by atoms with E-state index in [-0.39, 0.29) is 29.2 Å². The molecule has 7 aromatic rings. The fraction of sp³-hybridized carbons (Fsp3) is 0.329. The third kappa shape index (κ3) is 21.0. The van der Waals surface area contributed by atoms with Crippen molar-refractivity contribution in [3.8, 4) is 39.9 Å². The smallest absolute Gasteiger partial charge is 0.343 e. The molecule has 434 valence electrons. The Hall–Kier alpha value is -8.71. The topological polar surface area (TPSA) is 159 Å². The monoisotopic (exact) mass is 1120 g/mol. The Morgan fingerprint density at radius 1 is 0.349 bits per heavy atom. The summed E-state index contributed by atoms with van der Waals surface area (Å²) < 4.78 is 45.5. The Balaban J connectivity index is 0.891. The van der Waals surface area contributed by atoms with Gasteiger partial charge >= 0.3 is 29.8 Å². The van der Waals surface area contributed by atoms with Gasteiger partial charge in [-0.25, -0.2) is 24.0 Å². The number of hydrogen-bond acceptors (Lipinski definition) is 13. The first kappa shape index (κ1) is 61.9. The number of fused-ring (bicyclic) bond motifs is 2. The maximum atomic E-state index is 13.8. The average Bonchev–Trinajstić information content (AvgIpc) is 3.68. The lowest BCUT2D eigenvalue weighted by molar-refractivity contribution is -0.138. The molecule has 0 aliphatic rings. The van der Waals surface area contributed by atoms with Gasteiger partial charge < -0.3 is 37.9 Å². The van der Waals surface area contributed by atoms with E-state index in [9.17, 15) is 24.0 Å². The Labute approximate surface area is 487 Å². The lowest BCUT2D eigenvalue weighted by atomic mass is 10.0. The van der Waals surface area contributed by atoms with E-state index in [1.807, 2.05) is 60.7 Å². The van der Waals surface area contributed by atoms with Crippen LogP contribution >= 0.6 is 0 Å².